The highest BCUT2D eigenvalue weighted by molar-refractivity contribution is 5.50. The SMILES string of the molecule is Cc1cc(F)ccc1NCC(O)COc1ccccc1F. The molecule has 0 aliphatic carbocycles. The lowest BCUT2D eigenvalue weighted by Gasteiger charge is -2.15. The van der Waals surface area contributed by atoms with E-state index in [1.165, 1.54) is 24.3 Å². The summed E-state index contributed by atoms with van der Waals surface area (Å²) in [6.45, 7) is 1.96. The monoisotopic (exact) mass is 293 g/mol. The number of hydrogen-bond acceptors (Lipinski definition) is 3. The molecular formula is C16H17F2NO2. The molecule has 112 valence electrons. The molecule has 0 radical (unpaired) electrons. The van der Waals surface area contributed by atoms with Crippen molar-refractivity contribution in [2.75, 3.05) is 18.5 Å². The van der Waals surface area contributed by atoms with Crippen LogP contribution in [-0.2, 0) is 0 Å². The smallest absolute Gasteiger partial charge is 0.165 e. The van der Waals surface area contributed by atoms with E-state index >= 15 is 0 Å². The van der Waals surface area contributed by atoms with Crippen LogP contribution in [0.5, 0.6) is 5.75 Å². The van der Waals surface area contributed by atoms with E-state index in [-0.39, 0.29) is 24.7 Å². The van der Waals surface area contributed by atoms with Gasteiger partial charge in [0, 0.05) is 12.2 Å². The summed E-state index contributed by atoms with van der Waals surface area (Å²) in [6, 6.07) is 10.4. The molecule has 3 nitrogen and oxygen atoms in total. The number of anilines is 1. The van der Waals surface area contributed by atoms with Gasteiger partial charge in [-0.15, -0.1) is 0 Å². The molecule has 0 amide bonds. The molecule has 1 unspecified atom stereocenters. The Kier molecular flexibility index (Phi) is 5.11. The van der Waals surface area contributed by atoms with Gasteiger partial charge in [0.1, 0.15) is 18.5 Å². The fraction of sp³-hybridized carbons (Fsp3) is 0.250. The van der Waals surface area contributed by atoms with Gasteiger partial charge in [0.2, 0.25) is 0 Å². The Bertz CT molecular complexity index is 605. The number of ether oxygens (including phenoxy) is 1. The maximum atomic E-state index is 13.3. The zero-order chi connectivity index (χ0) is 15.2. The topological polar surface area (TPSA) is 41.5 Å². The number of para-hydroxylation sites is 1. The molecule has 0 fully saturated rings. The molecule has 0 saturated heterocycles. The number of aryl methyl sites for hydroxylation is 1. The van der Waals surface area contributed by atoms with Crippen LogP contribution in [0.4, 0.5) is 14.5 Å². The Hall–Kier alpha value is -2.14. The van der Waals surface area contributed by atoms with Gasteiger partial charge in [-0.2, -0.15) is 0 Å². The molecule has 2 N–H and O–H groups in total. The molecule has 0 spiro atoms. The van der Waals surface area contributed by atoms with Crippen molar-refractivity contribution >= 4 is 5.69 Å². The van der Waals surface area contributed by atoms with Gasteiger partial charge in [-0.25, -0.2) is 8.78 Å². The fourth-order valence-electron chi connectivity index (χ4n) is 1.86. The third kappa shape index (κ3) is 4.43. The average Bonchev–Trinajstić information content (AvgIpc) is 2.45. The summed E-state index contributed by atoms with van der Waals surface area (Å²) in [7, 11) is 0. The Labute approximate surface area is 122 Å². The average molecular weight is 293 g/mol. The Morgan fingerprint density at radius 3 is 2.67 bits per heavy atom. The summed E-state index contributed by atoms with van der Waals surface area (Å²) in [6.07, 6.45) is -0.811. The van der Waals surface area contributed by atoms with Gasteiger partial charge in [-0.05, 0) is 42.8 Å². The van der Waals surface area contributed by atoms with E-state index in [2.05, 4.69) is 5.32 Å². The number of aliphatic hydroxyl groups excluding tert-OH is 1. The molecule has 2 aromatic rings. The molecule has 2 rings (SSSR count). The number of aliphatic hydroxyl groups is 1. The molecular weight excluding hydrogens is 276 g/mol. The predicted molar refractivity (Wildman–Crippen MR) is 77.5 cm³/mol. The molecule has 5 heteroatoms. The van der Waals surface area contributed by atoms with Gasteiger partial charge in [-0.1, -0.05) is 12.1 Å². The summed E-state index contributed by atoms with van der Waals surface area (Å²) >= 11 is 0. The third-order valence-electron chi connectivity index (χ3n) is 2.98. The zero-order valence-corrected chi connectivity index (χ0v) is 11.6. The van der Waals surface area contributed by atoms with Crippen LogP contribution < -0.4 is 10.1 Å². The van der Waals surface area contributed by atoms with Gasteiger partial charge < -0.3 is 15.2 Å². The van der Waals surface area contributed by atoms with Crippen LogP contribution in [0.25, 0.3) is 0 Å². The standard InChI is InChI=1S/C16H17F2NO2/c1-11-8-12(17)6-7-15(11)19-9-13(20)10-21-16-5-3-2-4-14(16)18/h2-8,13,19-20H,9-10H2,1H3. The van der Waals surface area contributed by atoms with Crippen molar-refractivity contribution < 1.29 is 18.6 Å². The molecule has 21 heavy (non-hydrogen) atoms. The normalized spacial score (nSPS) is 12.0. The first-order valence-corrected chi connectivity index (χ1v) is 6.61. The molecule has 0 heterocycles. The summed E-state index contributed by atoms with van der Waals surface area (Å²) in [5.74, 6) is -0.664. The number of hydrogen-bond donors (Lipinski definition) is 2. The molecule has 1 atom stereocenters. The lowest BCUT2D eigenvalue weighted by atomic mass is 10.2. The van der Waals surface area contributed by atoms with Crippen LogP contribution in [0.2, 0.25) is 0 Å². The maximum absolute atomic E-state index is 13.3. The lowest BCUT2D eigenvalue weighted by molar-refractivity contribution is 0.115. The van der Waals surface area contributed by atoms with E-state index in [4.69, 9.17) is 4.74 Å². The van der Waals surface area contributed by atoms with Crippen molar-refractivity contribution in [1.82, 2.24) is 0 Å². The van der Waals surface area contributed by atoms with E-state index in [9.17, 15) is 13.9 Å². The van der Waals surface area contributed by atoms with E-state index in [0.717, 1.165) is 11.3 Å². The van der Waals surface area contributed by atoms with Gasteiger partial charge >= 0.3 is 0 Å². The molecule has 0 saturated carbocycles. The van der Waals surface area contributed by atoms with E-state index in [1.54, 1.807) is 25.1 Å². The van der Waals surface area contributed by atoms with Gasteiger partial charge in [0.25, 0.3) is 0 Å². The predicted octanol–water partition coefficient (Wildman–Crippen LogP) is 3.13. The highest BCUT2D eigenvalue weighted by Crippen LogP contribution is 2.17. The minimum atomic E-state index is -0.811. The number of benzene rings is 2. The van der Waals surface area contributed by atoms with Crippen molar-refractivity contribution in [3.05, 3.63) is 59.7 Å². The first-order chi connectivity index (χ1) is 10.1. The van der Waals surface area contributed by atoms with Crippen LogP contribution >= 0.6 is 0 Å². The van der Waals surface area contributed by atoms with E-state index in [1.807, 2.05) is 0 Å². The number of halogens is 2. The second-order valence-electron chi connectivity index (χ2n) is 4.74. The molecule has 0 aliphatic rings. The van der Waals surface area contributed by atoms with Crippen molar-refractivity contribution in [2.45, 2.75) is 13.0 Å². The molecule has 0 aromatic heterocycles. The third-order valence-corrected chi connectivity index (χ3v) is 2.98. The van der Waals surface area contributed by atoms with Crippen LogP contribution in [-0.4, -0.2) is 24.4 Å². The number of rotatable bonds is 6. The van der Waals surface area contributed by atoms with Gasteiger partial charge in [-0.3, -0.25) is 0 Å². The summed E-state index contributed by atoms with van der Waals surface area (Å²) < 4.78 is 31.5. The fourth-order valence-corrected chi connectivity index (χ4v) is 1.86. The summed E-state index contributed by atoms with van der Waals surface area (Å²) in [5, 5.41) is 12.8. The minimum Gasteiger partial charge on any atom is -0.488 e. The zero-order valence-electron chi connectivity index (χ0n) is 11.6. The Morgan fingerprint density at radius 2 is 1.95 bits per heavy atom. The van der Waals surface area contributed by atoms with Crippen LogP contribution in [0.3, 0.4) is 0 Å². The van der Waals surface area contributed by atoms with Crippen LogP contribution in [0.15, 0.2) is 42.5 Å². The molecule has 0 bridgehead atoms. The molecule has 0 aliphatic heterocycles. The quantitative estimate of drug-likeness (QED) is 0.860. The van der Waals surface area contributed by atoms with Crippen molar-refractivity contribution in [1.29, 1.82) is 0 Å². The first-order valence-electron chi connectivity index (χ1n) is 6.61. The summed E-state index contributed by atoms with van der Waals surface area (Å²) in [5.41, 5.74) is 1.48. The first kappa shape index (κ1) is 15.3. The van der Waals surface area contributed by atoms with Gasteiger partial charge in [0.15, 0.2) is 11.6 Å². The maximum Gasteiger partial charge on any atom is 0.165 e. The Balaban J connectivity index is 1.82. The van der Waals surface area contributed by atoms with E-state index < -0.39 is 11.9 Å². The van der Waals surface area contributed by atoms with Crippen LogP contribution in [0, 0.1) is 18.6 Å². The van der Waals surface area contributed by atoms with Crippen LogP contribution in [0.1, 0.15) is 5.56 Å². The van der Waals surface area contributed by atoms with Crippen molar-refractivity contribution in [3.8, 4) is 5.75 Å². The minimum absolute atomic E-state index is 0.0336. The lowest BCUT2D eigenvalue weighted by Crippen LogP contribution is -2.26. The van der Waals surface area contributed by atoms with E-state index in [0.29, 0.717) is 0 Å². The van der Waals surface area contributed by atoms with Crippen molar-refractivity contribution in [3.63, 3.8) is 0 Å². The Morgan fingerprint density at radius 1 is 1.19 bits per heavy atom. The highest BCUT2D eigenvalue weighted by atomic mass is 19.1. The largest absolute Gasteiger partial charge is 0.488 e. The second kappa shape index (κ2) is 7.04. The second-order valence-corrected chi connectivity index (χ2v) is 4.74. The van der Waals surface area contributed by atoms with Crippen molar-refractivity contribution in [2.24, 2.45) is 0 Å². The van der Waals surface area contributed by atoms with Gasteiger partial charge in [0.05, 0.1) is 0 Å². The number of nitrogens with one attached hydrogen (secondary N) is 1. The summed E-state index contributed by atoms with van der Waals surface area (Å²) in [4.78, 5) is 0. The highest BCUT2D eigenvalue weighted by Gasteiger charge is 2.08. The molecule has 2 aromatic carbocycles.